The van der Waals surface area contributed by atoms with Gasteiger partial charge >= 0.3 is 0 Å². The van der Waals surface area contributed by atoms with E-state index in [1.807, 2.05) is 24.5 Å². The summed E-state index contributed by atoms with van der Waals surface area (Å²) in [6.45, 7) is 0. The molecule has 1 aliphatic carbocycles. The molecule has 2 aromatic heterocycles. The highest BCUT2D eigenvalue weighted by atomic mass is 19.1. The van der Waals surface area contributed by atoms with Crippen LogP contribution in [0.2, 0.25) is 0 Å². The van der Waals surface area contributed by atoms with E-state index in [-0.39, 0.29) is 11.9 Å². The van der Waals surface area contributed by atoms with E-state index in [4.69, 9.17) is 4.98 Å². The summed E-state index contributed by atoms with van der Waals surface area (Å²) in [5.74, 6) is -0.238. The summed E-state index contributed by atoms with van der Waals surface area (Å²) in [5.41, 5.74) is 7.89. The van der Waals surface area contributed by atoms with Gasteiger partial charge in [-0.15, -0.1) is 0 Å². The van der Waals surface area contributed by atoms with Crippen molar-refractivity contribution in [2.24, 2.45) is 0 Å². The van der Waals surface area contributed by atoms with Crippen LogP contribution in [0.5, 0.6) is 0 Å². The number of hydrogen-bond acceptors (Lipinski definition) is 1. The molecule has 1 N–H and O–H groups in total. The van der Waals surface area contributed by atoms with Crippen LogP contribution >= 0.6 is 0 Å². The fourth-order valence-electron chi connectivity index (χ4n) is 4.97. The molecule has 0 saturated carbocycles. The van der Waals surface area contributed by atoms with Gasteiger partial charge in [0, 0.05) is 28.2 Å². The number of imidazole rings is 1. The molecule has 3 nitrogen and oxygen atoms in total. The van der Waals surface area contributed by atoms with Crippen LogP contribution in [0.25, 0.3) is 33.4 Å². The third kappa shape index (κ3) is 2.98. The van der Waals surface area contributed by atoms with Crippen LogP contribution in [-0.4, -0.2) is 14.5 Å². The van der Waals surface area contributed by atoms with Crippen molar-refractivity contribution in [3.05, 3.63) is 102 Å². The first-order valence-electron chi connectivity index (χ1n) is 10.8. The molecular formula is C27H22FN3. The molecule has 0 saturated heterocycles. The number of fused-ring (bicyclic) bond motifs is 2. The molecule has 5 aromatic rings. The van der Waals surface area contributed by atoms with E-state index in [9.17, 15) is 4.39 Å². The van der Waals surface area contributed by atoms with Gasteiger partial charge in [-0.2, -0.15) is 0 Å². The molecule has 0 aliphatic heterocycles. The second-order valence-electron chi connectivity index (χ2n) is 8.21. The number of para-hydroxylation sites is 1. The van der Waals surface area contributed by atoms with E-state index >= 15 is 0 Å². The maximum Gasteiger partial charge on any atom is 0.123 e. The molecule has 1 unspecified atom stereocenters. The van der Waals surface area contributed by atoms with E-state index < -0.39 is 0 Å². The van der Waals surface area contributed by atoms with Crippen molar-refractivity contribution in [1.29, 1.82) is 0 Å². The molecule has 3 aromatic carbocycles. The van der Waals surface area contributed by atoms with E-state index in [0.29, 0.717) is 0 Å². The molecule has 2 heterocycles. The lowest BCUT2D eigenvalue weighted by atomic mass is 9.87. The molecular weight excluding hydrogens is 385 g/mol. The number of aryl methyl sites for hydroxylation is 1. The number of nitrogens with one attached hydrogen (secondary N) is 1. The average molecular weight is 407 g/mol. The number of benzene rings is 3. The Balaban J connectivity index is 1.61. The van der Waals surface area contributed by atoms with Crippen LogP contribution in [0.4, 0.5) is 4.39 Å². The zero-order chi connectivity index (χ0) is 20.8. The summed E-state index contributed by atoms with van der Waals surface area (Å²) in [6.07, 6.45) is 7.38. The van der Waals surface area contributed by atoms with E-state index in [2.05, 4.69) is 58.2 Å². The van der Waals surface area contributed by atoms with Crippen LogP contribution in [0.1, 0.15) is 30.0 Å². The Bertz CT molecular complexity index is 1380. The molecule has 1 aliphatic rings. The van der Waals surface area contributed by atoms with Crippen LogP contribution in [0, 0.1) is 5.82 Å². The smallest absolute Gasteiger partial charge is 0.123 e. The summed E-state index contributed by atoms with van der Waals surface area (Å²) in [4.78, 5) is 8.27. The van der Waals surface area contributed by atoms with Gasteiger partial charge < -0.3 is 9.55 Å². The number of aromatic nitrogens is 3. The molecule has 152 valence electrons. The number of aromatic amines is 1. The number of H-pyrrole nitrogens is 1. The van der Waals surface area contributed by atoms with Crippen molar-refractivity contribution in [3.8, 4) is 22.5 Å². The Morgan fingerprint density at radius 1 is 0.935 bits per heavy atom. The van der Waals surface area contributed by atoms with Crippen molar-refractivity contribution in [2.45, 2.75) is 25.3 Å². The summed E-state index contributed by atoms with van der Waals surface area (Å²) >= 11 is 0. The lowest BCUT2D eigenvalue weighted by Crippen LogP contribution is -2.17. The highest BCUT2D eigenvalue weighted by Crippen LogP contribution is 2.41. The van der Waals surface area contributed by atoms with Gasteiger partial charge in [0.2, 0.25) is 0 Å². The number of halogens is 1. The Labute approximate surface area is 180 Å². The van der Waals surface area contributed by atoms with Crippen molar-refractivity contribution in [2.75, 3.05) is 0 Å². The average Bonchev–Trinajstić information content (AvgIpc) is 3.43. The fourth-order valence-corrected chi connectivity index (χ4v) is 4.97. The zero-order valence-electron chi connectivity index (χ0n) is 17.1. The minimum Gasteiger partial charge on any atom is -0.360 e. The summed E-state index contributed by atoms with van der Waals surface area (Å²) in [7, 11) is 0. The maximum absolute atomic E-state index is 13.6. The molecule has 1 atom stereocenters. The molecule has 0 fully saturated rings. The Hall–Kier alpha value is -3.66. The van der Waals surface area contributed by atoms with Crippen molar-refractivity contribution in [3.63, 3.8) is 0 Å². The quantitative estimate of drug-likeness (QED) is 0.352. The van der Waals surface area contributed by atoms with E-state index in [1.54, 1.807) is 0 Å². The first kappa shape index (κ1) is 18.1. The van der Waals surface area contributed by atoms with Crippen molar-refractivity contribution >= 4 is 10.9 Å². The van der Waals surface area contributed by atoms with Gasteiger partial charge in [0.25, 0.3) is 0 Å². The highest BCUT2D eigenvalue weighted by molar-refractivity contribution is 5.98. The lowest BCUT2D eigenvalue weighted by molar-refractivity contribution is 0.493. The fraction of sp³-hybridized carbons (Fsp3) is 0.148. The topological polar surface area (TPSA) is 33.6 Å². The van der Waals surface area contributed by atoms with Gasteiger partial charge in [-0.3, -0.25) is 0 Å². The molecule has 0 amide bonds. The number of hydrogen-bond donors (Lipinski definition) is 1. The standard InChI is InChI=1S/C27H22FN3/c28-20-14-12-19(13-15-20)26-27(23-16-29-24-10-4-3-9-22(23)24)31(17-30-26)25-11-5-7-18-6-1-2-8-21(18)25/h1-4,6,8-10,12-17,25,29H,5,7,11H2. The second-order valence-corrected chi connectivity index (χ2v) is 8.21. The summed E-state index contributed by atoms with van der Waals surface area (Å²) in [6, 6.07) is 23.9. The van der Waals surface area contributed by atoms with Gasteiger partial charge in [0.1, 0.15) is 5.82 Å². The Morgan fingerprint density at radius 3 is 2.65 bits per heavy atom. The van der Waals surface area contributed by atoms with Gasteiger partial charge in [-0.1, -0.05) is 42.5 Å². The molecule has 0 radical (unpaired) electrons. The molecule has 6 rings (SSSR count). The van der Waals surface area contributed by atoms with Crippen LogP contribution in [-0.2, 0) is 6.42 Å². The number of rotatable bonds is 3. The van der Waals surface area contributed by atoms with Gasteiger partial charge in [0.05, 0.1) is 23.8 Å². The second kappa shape index (κ2) is 7.24. The predicted molar refractivity (Wildman–Crippen MR) is 122 cm³/mol. The van der Waals surface area contributed by atoms with Gasteiger partial charge in [0.15, 0.2) is 0 Å². The van der Waals surface area contributed by atoms with Crippen molar-refractivity contribution < 1.29 is 4.39 Å². The minimum atomic E-state index is -0.238. The van der Waals surface area contributed by atoms with E-state index in [1.165, 1.54) is 23.3 Å². The third-order valence-electron chi connectivity index (χ3n) is 6.43. The minimum absolute atomic E-state index is 0.232. The monoisotopic (exact) mass is 407 g/mol. The maximum atomic E-state index is 13.6. The third-order valence-corrected chi connectivity index (χ3v) is 6.43. The Morgan fingerprint density at radius 2 is 1.74 bits per heavy atom. The SMILES string of the molecule is Fc1ccc(-c2ncn(C3CCCc4ccccc43)c2-c2c[nH]c3ccccc23)cc1. The molecule has 0 bridgehead atoms. The number of nitrogens with zero attached hydrogens (tertiary/aromatic N) is 2. The van der Waals surface area contributed by atoms with Crippen LogP contribution < -0.4 is 0 Å². The largest absolute Gasteiger partial charge is 0.360 e. The molecule has 0 spiro atoms. The lowest BCUT2D eigenvalue weighted by Gasteiger charge is -2.28. The molecule has 4 heteroatoms. The van der Waals surface area contributed by atoms with Crippen molar-refractivity contribution in [1.82, 2.24) is 14.5 Å². The highest BCUT2D eigenvalue weighted by Gasteiger charge is 2.27. The van der Waals surface area contributed by atoms with Gasteiger partial charge in [-0.25, -0.2) is 9.37 Å². The zero-order valence-corrected chi connectivity index (χ0v) is 17.1. The van der Waals surface area contributed by atoms with E-state index in [0.717, 1.165) is 52.7 Å². The normalized spacial score (nSPS) is 15.8. The first-order chi connectivity index (χ1) is 15.3. The summed E-state index contributed by atoms with van der Waals surface area (Å²) in [5, 5.41) is 1.16. The molecule has 31 heavy (non-hydrogen) atoms. The predicted octanol–water partition coefficient (Wildman–Crippen LogP) is 6.76. The Kier molecular flexibility index (Phi) is 4.23. The summed E-state index contributed by atoms with van der Waals surface area (Å²) < 4.78 is 15.9. The van der Waals surface area contributed by atoms with Crippen LogP contribution in [0.3, 0.4) is 0 Å². The first-order valence-corrected chi connectivity index (χ1v) is 10.8. The van der Waals surface area contributed by atoms with Crippen LogP contribution in [0.15, 0.2) is 85.3 Å². The van der Waals surface area contributed by atoms with Gasteiger partial charge in [-0.05, 0) is 60.7 Å².